The summed E-state index contributed by atoms with van der Waals surface area (Å²) >= 11 is 0. The molecule has 0 aliphatic carbocycles. The minimum atomic E-state index is -0.776. The average Bonchev–Trinajstić information content (AvgIpc) is 2.65. The first kappa shape index (κ1) is 19.8. The first-order valence-corrected chi connectivity index (χ1v) is 9.14. The quantitative estimate of drug-likeness (QED) is 0.720. The van der Waals surface area contributed by atoms with E-state index in [-0.39, 0.29) is 11.8 Å². The van der Waals surface area contributed by atoms with E-state index < -0.39 is 5.97 Å². The summed E-state index contributed by atoms with van der Waals surface area (Å²) in [5.74, 6) is 0.151. The molecule has 0 radical (unpaired) electrons. The fourth-order valence-electron chi connectivity index (χ4n) is 2.85. The van der Waals surface area contributed by atoms with Crippen molar-refractivity contribution in [3.63, 3.8) is 0 Å². The number of nitrogens with zero attached hydrogens (tertiary/aromatic N) is 1. The van der Waals surface area contributed by atoms with Crippen LogP contribution in [-0.2, 0) is 9.59 Å². The Labute approximate surface area is 154 Å². The standard InChI is InChI=1S/C20H27NO5/c1-3-13-26-17-7-5-15(14-18(17)25-4-2)6-8-19(22)21-11-9-16(10-12-21)20(23)24/h5-8,14,16H,3-4,9-13H2,1-2H3,(H,23,24)/b8-6+. The van der Waals surface area contributed by atoms with Crippen molar-refractivity contribution in [2.75, 3.05) is 26.3 Å². The highest BCUT2D eigenvalue weighted by Gasteiger charge is 2.25. The number of carboxylic acids is 1. The van der Waals surface area contributed by atoms with Gasteiger partial charge in [-0.05, 0) is 50.0 Å². The lowest BCUT2D eigenvalue weighted by Crippen LogP contribution is -2.39. The van der Waals surface area contributed by atoms with Gasteiger partial charge in [0, 0.05) is 19.2 Å². The Morgan fingerprint density at radius 1 is 1.19 bits per heavy atom. The van der Waals surface area contributed by atoms with E-state index in [0.717, 1.165) is 12.0 Å². The lowest BCUT2D eigenvalue weighted by atomic mass is 9.97. The molecule has 0 unspecified atom stereocenters. The maximum Gasteiger partial charge on any atom is 0.306 e. The number of carbonyl (C=O) groups excluding carboxylic acids is 1. The van der Waals surface area contributed by atoms with Gasteiger partial charge in [0.05, 0.1) is 19.1 Å². The fourth-order valence-corrected chi connectivity index (χ4v) is 2.85. The van der Waals surface area contributed by atoms with E-state index in [4.69, 9.17) is 14.6 Å². The van der Waals surface area contributed by atoms with Crippen molar-refractivity contribution in [2.45, 2.75) is 33.1 Å². The van der Waals surface area contributed by atoms with Gasteiger partial charge in [0.15, 0.2) is 11.5 Å². The van der Waals surface area contributed by atoms with Crippen LogP contribution >= 0.6 is 0 Å². The molecule has 1 aromatic carbocycles. The molecule has 1 aromatic rings. The molecular weight excluding hydrogens is 334 g/mol. The van der Waals surface area contributed by atoms with Crippen LogP contribution in [0.1, 0.15) is 38.7 Å². The van der Waals surface area contributed by atoms with E-state index in [1.807, 2.05) is 32.0 Å². The summed E-state index contributed by atoms with van der Waals surface area (Å²) in [5, 5.41) is 9.02. The summed E-state index contributed by atoms with van der Waals surface area (Å²) in [4.78, 5) is 25.0. The van der Waals surface area contributed by atoms with E-state index in [0.29, 0.717) is 50.6 Å². The molecule has 1 aliphatic rings. The zero-order valence-electron chi connectivity index (χ0n) is 15.4. The molecule has 0 atom stereocenters. The van der Waals surface area contributed by atoms with E-state index in [9.17, 15) is 9.59 Å². The zero-order valence-corrected chi connectivity index (χ0v) is 15.4. The predicted octanol–water partition coefficient (Wildman–Crippen LogP) is 3.21. The number of benzene rings is 1. The van der Waals surface area contributed by atoms with Crippen LogP contribution in [0.25, 0.3) is 6.08 Å². The number of rotatable bonds is 8. The van der Waals surface area contributed by atoms with E-state index in [2.05, 4.69) is 0 Å². The van der Waals surface area contributed by atoms with Crippen molar-refractivity contribution in [1.82, 2.24) is 4.90 Å². The molecule has 1 heterocycles. The summed E-state index contributed by atoms with van der Waals surface area (Å²) in [5.41, 5.74) is 0.853. The Morgan fingerprint density at radius 3 is 2.54 bits per heavy atom. The van der Waals surface area contributed by atoms with Gasteiger partial charge in [-0.1, -0.05) is 13.0 Å². The third-order valence-corrected chi connectivity index (χ3v) is 4.30. The second-order valence-corrected chi connectivity index (χ2v) is 6.26. The summed E-state index contributed by atoms with van der Waals surface area (Å²) < 4.78 is 11.3. The van der Waals surface area contributed by atoms with Gasteiger partial charge in [-0.25, -0.2) is 0 Å². The summed E-state index contributed by atoms with van der Waals surface area (Å²) in [6.07, 6.45) is 5.20. The number of aliphatic carboxylic acids is 1. The Kier molecular flexibility index (Phi) is 7.51. The molecular formula is C20H27NO5. The van der Waals surface area contributed by atoms with Crippen LogP contribution in [0.5, 0.6) is 11.5 Å². The van der Waals surface area contributed by atoms with Crippen molar-refractivity contribution in [3.8, 4) is 11.5 Å². The van der Waals surface area contributed by atoms with Gasteiger partial charge in [-0.15, -0.1) is 0 Å². The van der Waals surface area contributed by atoms with Crippen LogP contribution in [0, 0.1) is 5.92 Å². The van der Waals surface area contributed by atoms with Crippen molar-refractivity contribution in [2.24, 2.45) is 5.92 Å². The minimum Gasteiger partial charge on any atom is -0.490 e. The highest BCUT2D eigenvalue weighted by Crippen LogP contribution is 2.29. The molecule has 1 saturated heterocycles. The van der Waals surface area contributed by atoms with E-state index in [1.54, 1.807) is 11.0 Å². The molecule has 6 nitrogen and oxygen atoms in total. The zero-order chi connectivity index (χ0) is 18.9. The van der Waals surface area contributed by atoms with Crippen molar-refractivity contribution in [1.29, 1.82) is 0 Å². The number of ether oxygens (including phenoxy) is 2. The minimum absolute atomic E-state index is 0.0990. The molecule has 2 rings (SSSR count). The van der Waals surface area contributed by atoms with Crippen LogP contribution in [0.15, 0.2) is 24.3 Å². The first-order chi connectivity index (χ1) is 12.5. The third kappa shape index (κ3) is 5.51. The second kappa shape index (κ2) is 9.85. The molecule has 0 bridgehead atoms. The Balaban J connectivity index is 1.99. The maximum atomic E-state index is 12.3. The molecule has 1 fully saturated rings. The van der Waals surface area contributed by atoms with Gasteiger partial charge in [0.25, 0.3) is 0 Å². The molecule has 142 valence electrons. The molecule has 1 N–H and O–H groups in total. The van der Waals surface area contributed by atoms with Crippen molar-refractivity contribution < 1.29 is 24.2 Å². The lowest BCUT2D eigenvalue weighted by Gasteiger charge is -2.29. The molecule has 1 amide bonds. The van der Waals surface area contributed by atoms with E-state index in [1.165, 1.54) is 6.08 Å². The Hall–Kier alpha value is -2.50. The molecule has 0 aromatic heterocycles. The van der Waals surface area contributed by atoms with Crippen molar-refractivity contribution in [3.05, 3.63) is 29.8 Å². The highest BCUT2D eigenvalue weighted by atomic mass is 16.5. The van der Waals surface area contributed by atoms with Gasteiger partial charge >= 0.3 is 5.97 Å². The number of carbonyl (C=O) groups is 2. The smallest absolute Gasteiger partial charge is 0.306 e. The summed E-state index contributed by atoms with van der Waals surface area (Å²) in [7, 11) is 0. The number of carboxylic acid groups (broad SMARTS) is 1. The van der Waals surface area contributed by atoms with Gasteiger partial charge in [-0.3, -0.25) is 9.59 Å². The summed E-state index contributed by atoms with van der Waals surface area (Å²) in [6, 6.07) is 5.59. The van der Waals surface area contributed by atoms with Crippen molar-refractivity contribution >= 4 is 18.0 Å². The first-order valence-electron chi connectivity index (χ1n) is 9.14. The van der Waals surface area contributed by atoms with Crippen LogP contribution in [0.2, 0.25) is 0 Å². The Morgan fingerprint density at radius 2 is 1.92 bits per heavy atom. The van der Waals surface area contributed by atoms with Gasteiger partial charge in [0.1, 0.15) is 0 Å². The number of likely N-dealkylation sites (tertiary alicyclic amines) is 1. The lowest BCUT2D eigenvalue weighted by molar-refractivity contribution is -0.144. The fraction of sp³-hybridized carbons (Fsp3) is 0.500. The SMILES string of the molecule is CCCOc1ccc(/C=C/C(=O)N2CCC(C(=O)O)CC2)cc1OCC. The number of piperidine rings is 1. The number of hydrogen-bond donors (Lipinski definition) is 1. The third-order valence-electron chi connectivity index (χ3n) is 4.30. The molecule has 0 spiro atoms. The van der Waals surface area contributed by atoms with Gasteiger partial charge in [-0.2, -0.15) is 0 Å². The summed E-state index contributed by atoms with van der Waals surface area (Å²) in [6.45, 7) is 6.08. The maximum absolute atomic E-state index is 12.3. The van der Waals surface area contributed by atoms with Gasteiger partial charge < -0.3 is 19.5 Å². The molecule has 0 saturated carbocycles. The van der Waals surface area contributed by atoms with Crippen LogP contribution < -0.4 is 9.47 Å². The second-order valence-electron chi connectivity index (χ2n) is 6.26. The topological polar surface area (TPSA) is 76.1 Å². The molecule has 1 aliphatic heterocycles. The monoisotopic (exact) mass is 361 g/mol. The number of amides is 1. The number of hydrogen-bond acceptors (Lipinski definition) is 4. The predicted molar refractivity (Wildman–Crippen MR) is 99.4 cm³/mol. The van der Waals surface area contributed by atoms with Gasteiger partial charge in [0.2, 0.25) is 5.91 Å². The normalized spacial score (nSPS) is 15.2. The largest absolute Gasteiger partial charge is 0.490 e. The highest BCUT2D eigenvalue weighted by molar-refractivity contribution is 5.92. The molecule has 6 heteroatoms. The molecule has 26 heavy (non-hydrogen) atoms. The average molecular weight is 361 g/mol. The van der Waals surface area contributed by atoms with Crippen LogP contribution in [0.3, 0.4) is 0 Å². The van der Waals surface area contributed by atoms with Crippen LogP contribution in [0.4, 0.5) is 0 Å². The Bertz CT molecular complexity index is 648. The van der Waals surface area contributed by atoms with Crippen LogP contribution in [-0.4, -0.2) is 48.2 Å². The van der Waals surface area contributed by atoms with E-state index >= 15 is 0 Å².